The van der Waals surface area contributed by atoms with Crippen LogP contribution in [0.5, 0.6) is 5.88 Å². The number of benzene rings is 1. The first kappa shape index (κ1) is 20.3. The van der Waals surface area contributed by atoms with Crippen molar-refractivity contribution in [2.45, 2.75) is 12.2 Å². The highest BCUT2D eigenvalue weighted by Gasteiger charge is 2.37. The minimum atomic E-state index is -4.57. The second-order valence-corrected chi connectivity index (χ2v) is 7.36. The van der Waals surface area contributed by atoms with Crippen LogP contribution in [0.15, 0.2) is 30.5 Å². The van der Waals surface area contributed by atoms with Crippen LogP contribution in [0.1, 0.15) is 16.2 Å². The Balaban J connectivity index is 1.45. The predicted octanol–water partition coefficient (Wildman–Crippen LogP) is 3.27. The zero-order chi connectivity index (χ0) is 21.6. The summed E-state index contributed by atoms with van der Waals surface area (Å²) in [5.41, 5.74) is 1.43. The van der Waals surface area contributed by atoms with Gasteiger partial charge < -0.3 is 19.5 Å². The quantitative estimate of drug-likeness (QED) is 0.675. The molecule has 4 rings (SSSR count). The minimum absolute atomic E-state index is 0.124. The first-order chi connectivity index (χ1) is 14.2. The largest absolute Gasteiger partial charge is 0.481 e. The van der Waals surface area contributed by atoms with Crippen molar-refractivity contribution >= 4 is 34.2 Å². The highest BCUT2D eigenvalue weighted by atomic mass is 35.5. The van der Waals surface area contributed by atoms with E-state index in [9.17, 15) is 18.0 Å². The number of imidazole rings is 1. The highest BCUT2D eigenvalue weighted by Crippen LogP contribution is 2.32. The Bertz CT molecular complexity index is 1130. The average molecular weight is 440 g/mol. The fourth-order valence-corrected chi connectivity index (χ4v) is 3.61. The number of fused-ring (bicyclic) bond motifs is 1. The minimum Gasteiger partial charge on any atom is -0.481 e. The van der Waals surface area contributed by atoms with E-state index in [1.807, 2.05) is 4.90 Å². The van der Waals surface area contributed by atoms with Crippen LogP contribution in [0.4, 0.5) is 18.9 Å². The summed E-state index contributed by atoms with van der Waals surface area (Å²) < 4.78 is 45.1. The van der Waals surface area contributed by atoms with E-state index in [1.165, 1.54) is 38.6 Å². The highest BCUT2D eigenvalue weighted by molar-refractivity contribution is 6.33. The lowest BCUT2D eigenvalue weighted by molar-refractivity contribution is -0.146. The van der Waals surface area contributed by atoms with E-state index in [4.69, 9.17) is 16.3 Å². The fourth-order valence-electron chi connectivity index (χ4n) is 3.38. The Kier molecular flexibility index (Phi) is 4.97. The molecule has 3 heterocycles. The Labute approximate surface area is 174 Å². The van der Waals surface area contributed by atoms with Crippen molar-refractivity contribution in [1.29, 1.82) is 0 Å². The summed E-state index contributed by atoms with van der Waals surface area (Å²) in [7, 11) is 2.78. The zero-order valence-corrected chi connectivity index (χ0v) is 16.8. The van der Waals surface area contributed by atoms with Crippen molar-refractivity contribution < 1.29 is 22.7 Å². The molecule has 0 atom stereocenters. The van der Waals surface area contributed by atoms with Crippen LogP contribution < -0.4 is 15.0 Å². The van der Waals surface area contributed by atoms with Gasteiger partial charge in [0.2, 0.25) is 11.7 Å². The number of aryl methyl sites for hydroxylation is 1. The Morgan fingerprint density at radius 2 is 2.03 bits per heavy atom. The molecule has 0 bridgehead atoms. The molecule has 0 spiro atoms. The van der Waals surface area contributed by atoms with Gasteiger partial charge in [0.15, 0.2) is 0 Å². The van der Waals surface area contributed by atoms with Gasteiger partial charge in [-0.2, -0.15) is 13.2 Å². The molecular formula is C19H17ClF3N5O2. The maximum atomic E-state index is 13.0. The number of ether oxygens (including phenoxy) is 1. The third kappa shape index (κ3) is 3.62. The van der Waals surface area contributed by atoms with Crippen LogP contribution in [0.25, 0.3) is 11.0 Å². The third-order valence-corrected chi connectivity index (χ3v) is 5.26. The normalized spacial score (nSPS) is 14.7. The molecule has 0 aliphatic carbocycles. The molecule has 11 heteroatoms. The summed E-state index contributed by atoms with van der Waals surface area (Å²) in [6.45, 7) is 1.07. The Morgan fingerprint density at radius 1 is 1.30 bits per heavy atom. The van der Waals surface area contributed by atoms with Gasteiger partial charge in [-0.25, -0.2) is 9.97 Å². The van der Waals surface area contributed by atoms with Crippen LogP contribution in [0.2, 0.25) is 5.02 Å². The van der Waals surface area contributed by atoms with Gasteiger partial charge in [-0.1, -0.05) is 11.6 Å². The number of nitrogens with one attached hydrogen (secondary N) is 1. The lowest BCUT2D eigenvalue weighted by atomic mass is 10.1. The van der Waals surface area contributed by atoms with Crippen molar-refractivity contribution in [1.82, 2.24) is 19.9 Å². The summed E-state index contributed by atoms with van der Waals surface area (Å²) >= 11 is 6.18. The summed E-state index contributed by atoms with van der Waals surface area (Å²) in [6, 6.07) is 5.88. The molecule has 7 nitrogen and oxygen atoms in total. The number of methoxy groups -OCH3 is 1. The maximum absolute atomic E-state index is 13.0. The van der Waals surface area contributed by atoms with E-state index in [1.54, 1.807) is 6.07 Å². The van der Waals surface area contributed by atoms with Crippen LogP contribution in [0.3, 0.4) is 0 Å². The van der Waals surface area contributed by atoms with Gasteiger partial charge in [0.1, 0.15) is 0 Å². The van der Waals surface area contributed by atoms with Crippen molar-refractivity contribution in [3.63, 3.8) is 0 Å². The fraction of sp³-hybridized carbons (Fsp3) is 0.316. The Hall–Kier alpha value is -3.01. The van der Waals surface area contributed by atoms with E-state index >= 15 is 0 Å². The molecule has 1 aromatic carbocycles. The van der Waals surface area contributed by atoms with Crippen molar-refractivity contribution in [3.05, 3.63) is 46.9 Å². The van der Waals surface area contributed by atoms with Gasteiger partial charge >= 0.3 is 6.18 Å². The average Bonchev–Trinajstić information content (AvgIpc) is 3.01. The number of aromatic nitrogens is 3. The topological polar surface area (TPSA) is 72.3 Å². The van der Waals surface area contributed by atoms with Gasteiger partial charge in [0.05, 0.1) is 41.1 Å². The Morgan fingerprint density at radius 3 is 2.70 bits per heavy atom. The van der Waals surface area contributed by atoms with E-state index < -0.39 is 12.0 Å². The monoisotopic (exact) mass is 439 g/mol. The number of hydrogen-bond donors (Lipinski definition) is 1. The van der Waals surface area contributed by atoms with Crippen molar-refractivity contribution in [3.8, 4) is 5.88 Å². The van der Waals surface area contributed by atoms with Crippen LogP contribution >= 0.6 is 11.6 Å². The first-order valence-electron chi connectivity index (χ1n) is 8.96. The number of rotatable bonds is 4. The number of nitrogens with zero attached hydrogens (tertiary/aromatic N) is 4. The van der Waals surface area contributed by atoms with E-state index in [0.717, 1.165) is 10.3 Å². The van der Waals surface area contributed by atoms with Gasteiger partial charge in [0.25, 0.3) is 5.91 Å². The number of carbonyl (C=O) groups excluding carboxylic acids is 1. The zero-order valence-electron chi connectivity index (χ0n) is 16.0. The van der Waals surface area contributed by atoms with Gasteiger partial charge in [-0.3, -0.25) is 4.79 Å². The van der Waals surface area contributed by atoms with Crippen molar-refractivity contribution in [2.24, 2.45) is 7.05 Å². The van der Waals surface area contributed by atoms with Gasteiger partial charge in [0, 0.05) is 31.8 Å². The molecule has 30 heavy (non-hydrogen) atoms. The van der Waals surface area contributed by atoms with Crippen LogP contribution in [0, 0.1) is 0 Å². The molecule has 1 saturated heterocycles. The molecule has 1 aliphatic heterocycles. The SMILES string of the molecule is COc1cc(N2CC(NC(=O)c3ccc4nc(C(F)(F)F)n(C)c4c3)C2)c(Cl)cn1. The third-order valence-electron chi connectivity index (χ3n) is 4.97. The number of halogens is 4. The summed E-state index contributed by atoms with van der Waals surface area (Å²) in [6.07, 6.45) is -3.07. The summed E-state index contributed by atoms with van der Waals surface area (Å²) in [4.78, 5) is 22.2. The standard InChI is InChI=1S/C19H17ClF3N5O2/c1-27-15-5-10(3-4-13(15)26-18(27)19(21,22)23)17(29)25-11-8-28(9-11)14-6-16(30-2)24-7-12(14)20/h3-7,11H,8-9H2,1-2H3,(H,25,29). The molecule has 0 saturated carbocycles. The lowest BCUT2D eigenvalue weighted by Crippen LogP contribution is -2.59. The summed E-state index contributed by atoms with van der Waals surface area (Å²) in [5.74, 6) is -0.936. The molecular weight excluding hydrogens is 423 g/mol. The number of amides is 1. The second kappa shape index (κ2) is 7.35. The van der Waals surface area contributed by atoms with E-state index in [2.05, 4.69) is 15.3 Å². The molecule has 1 fully saturated rings. The van der Waals surface area contributed by atoms with Crippen LogP contribution in [-0.2, 0) is 13.2 Å². The number of alkyl halides is 3. The molecule has 0 radical (unpaired) electrons. The molecule has 1 amide bonds. The van der Waals surface area contributed by atoms with Crippen molar-refractivity contribution in [2.75, 3.05) is 25.1 Å². The second-order valence-electron chi connectivity index (χ2n) is 6.95. The molecule has 3 aromatic rings. The smallest absolute Gasteiger partial charge is 0.449 e. The molecule has 158 valence electrons. The number of carbonyl (C=O) groups is 1. The van der Waals surface area contributed by atoms with E-state index in [-0.39, 0.29) is 28.5 Å². The van der Waals surface area contributed by atoms with Gasteiger partial charge in [-0.15, -0.1) is 0 Å². The molecule has 1 N–H and O–H groups in total. The molecule has 2 aromatic heterocycles. The maximum Gasteiger partial charge on any atom is 0.449 e. The van der Waals surface area contributed by atoms with E-state index in [0.29, 0.717) is 24.0 Å². The number of hydrogen-bond acceptors (Lipinski definition) is 5. The van der Waals surface area contributed by atoms with Gasteiger partial charge in [-0.05, 0) is 18.2 Å². The predicted molar refractivity (Wildman–Crippen MR) is 105 cm³/mol. The van der Waals surface area contributed by atoms with Crippen LogP contribution in [-0.4, -0.2) is 46.7 Å². The number of pyridine rings is 1. The molecule has 0 unspecified atom stereocenters. The summed E-state index contributed by atoms with van der Waals surface area (Å²) in [5, 5.41) is 3.35. The molecule has 1 aliphatic rings. The lowest BCUT2D eigenvalue weighted by Gasteiger charge is -2.41. The number of anilines is 1. The first-order valence-corrected chi connectivity index (χ1v) is 9.34.